The zero-order valence-corrected chi connectivity index (χ0v) is 13.0. The number of anilines is 1. The fourth-order valence-electron chi connectivity index (χ4n) is 2.00. The van der Waals surface area contributed by atoms with Gasteiger partial charge in [-0.3, -0.25) is 0 Å². The zero-order valence-electron chi connectivity index (χ0n) is 12.2. The highest BCUT2D eigenvalue weighted by molar-refractivity contribution is 6.30. The molecule has 1 aromatic heterocycles. The fourth-order valence-corrected chi connectivity index (χ4v) is 2.13. The van der Waals surface area contributed by atoms with Crippen LogP contribution in [-0.4, -0.2) is 17.3 Å². The van der Waals surface area contributed by atoms with Crippen molar-refractivity contribution in [3.8, 4) is 17.1 Å². The first-order valence-electron chi connectivity index (χ1n) is 6.81. The minimum Gasteiger partial charge on any atom is -0.497 e. The van der Waals surface area contributed by atoms with Crippen molar-refractivity contribution in [2.24, 2.45) is 0 Å². The average Bonchev–Trinajstić information content (AvgIpc) is 3.02. The first-order valence-corrected chi connectivity index (χ1v) is 7.19. The van der Waals surface area contributed by atoms with Gasteiger partial charge in [-0.15, -0.1) is 0 Å². The largest absolute Gasteiger partial charge is 0.497 e. The number of halogens is 2. The monoisotopic (exact) mass is 333 g/mol. The predicted molar refractivity (Wildman–Crippen MR) is 85.0 cm³/mol. The van der Waals surface area contributed by atoms with E-state index in [-0.39, 0.29) is 12.4 Å². The molecule has 0 radical (unpaired) electrons. The van der Waals surface area contributed by atoms with Gasteiger partial charge in [-0.2, -0.15) is 4.98 Å². The van der Waals surface area contributed by atoms with Gasteiger partial charge >= 0.3 is 0 Å². The maximum atomic E-state index is 13.4. The number of nitrogens with one attached hydrogen (secondary N) is 1. The normalized spacial score (nSPS) is 10.6. The molecule has 0 atom stereocenters. The highest BCUT2D eigenvalue weighted by atomic mass is 35.5. The van der Waals surface area contributed by atoms with Crippen LogP contribution in [0.2, 0.25) is 5.02 Å². The third kappa shape index (κ3) is 3.78. The highest BCUT2D eigenvalue weighted by Crippen LogP contribution is 2.21. The van der Waals surface area contributed by atoms with E-state index in [0.29, 0.717) is 28.2 Å². The van der Waals surface area contributed by atoms with Crippen LogP contribution in [-0.2, 0) is 6.54 Å². The Morgan fingerprint density at radius 2 is 2.00 bits per heavy atom. The average molecular weight is 334 g/mol. The van der Waals surface area contributed by atoms with Gasteiger partial charge < -0.3 is 14.6 Å². The maximum absolute atomic E-state index is 13.4. The summed E-state index contributed by atoms with van der Waals surface area (Å²) in [6.07, 6.45) is 0. The highest BCUT2D eigenvalue weighted by Gasteiger charge is 2.09. The Labute approximate surface area is 137 Å². The lowest BCUT2D eigenvalue weighted by atomic mass is 10.2. The molecule has 1 heterocycles. The second-order valence-electron chi connectivity index (χ2n) is 4.75. The van der Waals surface area contributed by atoms with E-state index in [1.54, 1.807) is 18.2 Å². The van der Waals surface area contributed by atoms with Crippen LogP contribution in [0.3, 0.4) is 0 Å². The lowest BCUT2D eigenvalue weighted by Gasteiger charge is -2.06. The maximum Gasteiger partial charge on any atom is 0.246 e. The van der Waals surface area contributed by atoms with Gasteiger partial charge in [0.2, 0.25) is 11.7 Å². The van der Waals surface area contributed by atoms with E-state index in [1.807, 2.05) is 12.1 Å². The van der Waals surface area contributed by atoms with Crippen LogP contribution in [0.1, 0.15) is 5.89 Å². The third-order valence-corrected chi connectivity index (χ3v) is 3.37. The molecule has 0 aliphatic rings. The Hall–Kier alpha value is -2.60. The SMILES string of the molecule is COc1cc(F)cc(NCc2nc(-c3ccc(Cl)cc3)no2)c1. The van der Waals surface area contributed by atoms with E-state index in [4.69, 9.17) is 20.9 Å². The third-order valence-electron chi connectivity index (χ3n) is 3.12. The van der Waals surface area contributed by atoms with E-state index in [2.05, 4.69) is 15.5 Å². The molecule has 0 saturated carbocycles. The summed E-state index contributed by atoms with van der Waals surface area (Å²) in [5.74, 6) is 0.896. The fraction of sp³-hybridized carbons (Fsp3) is 0.125. The second-order valence-corrected chi connectivity index (χ2v) is 5.19. The number of hydrogen-bond donors (Lipinski definition) is 1. The van der Waals surface area contributed by atoms with Gasteiger partial charge in [-0.1, -0.05) is 16.8 Å². The summed E-state index contributed by atoms with van der Waals surface area (Å²) in [6, 6.07) is 11.5. The van der Waals surface area contributed by atoms with Crippen molar-refractivity contribution >= 4 is 17.3 Å². The number of rotatable bonds is 5. The summed E-state index contributed by atoms with van der Waals surface area (Å²) in [7, 11) is 1.48. The Bertz CT molecular complexity index is 805. The van der Waals surface area contributed by atoms with Crippen molar-refractivity contribution in [1.82, 2.24) is 10.1 Å². The Morgan fingerprint density at radius 1 is 1.22 bits per heavy atom. The molecular weight excluding hydrogens is 321 g/mol. The van der Waals surface area contributed by atoms with Gasteiger partial charge in [0.25, 0.3) is 0 Å². The van der Waals surface area contributed by atoms with E-state index in [9.17, 15) is 4.39 Å². The van der Waals surface area contributed by atoms with Crippen LogP contribution in [0.4, 0.5) is 10.1 Å². The number of methoxy groups -OCH3 is 1. The van der Waals surface area contributed by atoms with Crippen molar-refractivity contribution in [3.63, 3.8) is 0 Å². The quantitative estimate of drug-likeness (QED) is 0.760. The number of hydrogen-bond acceptors (Lipinski definition) is 5. The van der Waals surface area contributed by atoms with Crippen LogP contribution >= 0.6 is 11.6 Å². The molecule has 0 aliphatic heterocycles. The smallest absolute Gasteiger partial charge is 0.246 e. The van der Waals surface area contributed by atoms with Gasteiger partial charge in [0.15, 0.2) is 0 Å². The molecule has 1 N–H and O–H groups in total. The van der Waals surface area contributed by atoms with Gasteiger partial charge in [0, 0.05) is 28.4 Å². The topological polar surface area (TPSA) is 60.2 Å². The van der Waals surface area contributed by atoms with Gasteiger partial charge in [0.05, 0.1) is 13.7 Å². The minimum absolute atomic E-state index is 0.271. The standard InChI is InChI=1S/C16H13ClFN3O2/c1-22-14-7-12(18)6-13(8-14)19-9-15-20-16(21-23-15)10-2-4-11(17)5-3-10/h2-8,19H,9H2,1H3. The molecule has 23 heavy (non-hydrogen) atoms. The molecule has 118 valence electrons. The summed E-state index contributed by atoms with van der Waals surface area (Å²) in [5, 5.41) is 7.56. The van der Waals surface area contributed by atoms with Gasteiger partial charge in [-0.05, 0) is 30.3 Å². The molecule has 0 aliphatic carbocycles. The van der Waals surface area contributed by atoms with Crippen LogP contribution in [0, 0.1) is 5.82 Å². The number of nitrogens with zero attached hydrogens (tertiary/aromatic N) is 2. The van der Waals surface area contributed by atoms with Crippen molar-refractivity contribution in [2.75, 3.05) is 12.4 Å². The summed E-state index contributed by atoms with van der Waals surface area (Å²) >= 11 is 5.84. The molecule has 0 saturated heterocycles. The Balaban J connectivity index is 1.70. The predicted octanol–water partition coefficient (Wildman–Crippen LogP) is 4.15. The van der Waals surface area contributed by atoms with E-state index in [1.165, 1.54) is 19.2 Å². The van der Waals surface area contributed by atoms with E-state index >= 15 is 0 Å². The Morgan fingerprint density at radius 3 is 2.74 bits per heavy atom. The molecule has 2 aromatic carbocycles. The molecule has 3 rings (SSSR count). The molecule has 3 aromatic rings. The molecule has 0 fully saturated rings. The first kappa shape index (κ1) is 15.3. The molecule has 5 nitrogen and oxygen atoms in total. The molecular formula is C16H13ClFN3O2. The Kier molecular flexibility index (Phi) is 4.43. The van der Waals surface area contributed by atoms with Crippen molar-refractivity contribution < 1.29 is 13.7 Å². The van der Waals surface area contributed by atoms with E-state index < -0.39 is 0 Å². The van der Waals surface area contributed by atoms with Crippen LogP contribution in [0.5, 0.6) is 5.75 Å². The zero-order chi connectivity index (χ0) is 16.2. The van der Waals surface area contributed by atoms with Crippen LogP contribution < -0.4 is 10.1 Å². The van der Waals surface area contributed by atoms with Crippen LogP contribution in [0.15, 0.2) is 47.0 Å². The number of aromatic nitrogens is 2. The lowest BCUT2D eigenvalue weighted by Crippen LogP contribution is -2.00. The summed E-state index contributed by atoms with van der Waals surface area (Å²) in [4.78, 5) is 4.28. The first-order chi connectivity index (χ1) is 11.1. The summed E-state index contributed by atoms with van der Waals surface area (Å²) in [6.45, 7) is 0.271. The summed E-state index contributed by atoms with van der Waals surface area (Å²) < 4.78 is 23.6. The molecule has 7 heteroatoms. The molecule has 0 amide bonds. The minimum atomic E-state index is -0.390. The van der Waals surface area contributed by atoms with Gasteiger partial charge in [-0.25, -0.2) is 4.39 Å². The molecule has 0 spiro atoms. The van der Waals surface area contributed by atoms with E-state index in [0.717, 1.165) is 5.56 Å². The van der Waals surface area contributed by atoms with Crippen molar-refractivity contribution in [3.05, 3.63) is 59.2 Å². The molecule has 0 bridgehead atoms. The van der Waals surface area contributed by atoms with Crippen molar-refractivity contribution in [2.45, 2.75) is 6.54 Å². The second kappa shape index (κ2) is 6.66. The van der Waals surface area contributed by atoms with Crippen LogP contribution in [0.25, 0.3) is 11.4 Å². The number of ether oxygens (including phenoxy) is 1. The summed E-state index contributed by atoms with van der Waals surface area (Å²) in [5.41, 5.74) is 1.37. The molecule has 0 unspecified atom stereocenters. The van der Waals surface area contributed by atoms with Crippen molar-refractivity contribution in [1.29, 1.82) is 0 Å². The lowest BCUT2D eigenvalue weighted by molar-refractivity contribution is 0.384. The van der Waals surface area contributed by atoms with Gasteiger partial charge in [0.1, 0.15) is 11.6 Å². The number of benzene rings is 2.